The lowest BCUT2D eigenvalue weighted by atomic mass is 10.1. The zero-order valence-corrected chi connectivity index (χ0v) is 10.1. The molecule has 15 heavy (non-hydrogen) atoms. The molecule has 0 saturated carbocycles. The van der Waals surface area contributed by atoms with Crippen LogP contribution in [0.3, 0.4) is 0 Å². The van der Waals surface area contributed by atoms with Gasteiger partial charge in [-0.15, -0.1) is 0 Å². The molecule has 0 bridgehead atoms. The van der Waals surface area contributed by atoms with Gasteiger partial charge in [-0.2, -0.15) is 0 Å². The number of methoxy groups -OCH3 is 1. The minimum atomic E-state index is -0.407. The number of rotatable bonds is 5. The maximum absolute atomic E-state index is 11.5. The van der Waals surface area contributed by atoms with Crippen molar-refractivity contribution in [2.24, 2.45) is 0 Å². The van der Waals surface area contributed by atoms with Crippen molar-refractivity contribution in [3.8, 4) is 0 Å². The van der Waals surface area contributed by atoms with Gasteiger partial charge in [-0.3, -0.25) is 4.79 Å². The van der Waals surface area contributed by atoms with Gasteiger partial charge in [0.1, 0.15) is 11.4 Å². The number of hydrogen-bond acceptors (Lipinski definition) is 3. The molecular formula is C11H13BrO3. The molecule has 0 aliphatic carbocycles. The molecule has 1 aromatic carbocycles. The van der Waals surface area contributed by atoms with Gasteiger partial charge in [0.25, 0.3) is 0 Å². The number of halogens is 1. The van der Waals surface area contributed by atoms with E-state index in [1.165, 1.54) is 0 Å². The third-order valence-corrected chi connectivity index (χ3v) is 2.73. The van der Waals surface area contributed by atoms with E-state index in [-0.39, 0.29) is 12.6 Å². The highest BCUT2D eigenvalue weighted by Crippen LogP contribution is 2.23. The molecule has 1 atom stereocenters. The van der Waals surface area contributed by atoms with Crippen molar-refractivity contribution in [1.29, 1.82) is 0 Å². The van der Waals surface area contributed by atoms with E-state index in [1.807, 2.05) is 30.3 Å². The van der Waals surface area contributed by atoms with Crippen LogP contribution in [0.4, 0.5) is 0 Å². The summed E-state index contributed by atoms with van der Waals surface area (Å²) in [6.07, 6.45) is 0. The van der Waals surface area contributed by atoms with Crippen LogP contribution in [0.25, 0.3) is 0 Å². The molecule has 0 N–H and O–H groups in total. The highest BCUT2D eigenvalue weighted by atomic mass is 79.9. The highest BCUT2D eigenvalue weighted by molar-refractivity contribution is 9.09. The Balaban J connectivity index is 2.46. The number of ether oxygens (including phenoxy) is 2. The van der Waals surface area contributed by atoms with Crippen LogP contribution in [0.15, 0.2) is 30.3 Å². The summed E-state index contributed by atoms with van der Waals surface area (Å²) in [6.45, 7) is 0.699. The average Bonchev–Trinajstić information content (AvgIpc) is 2.29. The van der Waals surface area contributed by atoms with Gasteiger partial charge < -0.3 is 9.47 Å². The summed E-state index contributed by atoms with van der Waals surface area (Å²) < 4.78 is 9.77. The van der Waals surface area contributed by atoms with Gasteiger partial charge in [-0.25, -0.2) is 0 Å². The van der Waals surface area contributed by atoms with Crippen molar-refractivity contribution in [1.82, 2.24) is 0 Å². The summed E-state index contributed by atoms with van der Waals surface area (Å²) in [5, 5.41) is 0. The quantitative estimate of drug-likeness (QED) is 0.469. The van der Waals surface area contributed by atoms with Gasteiger partial charge in [0.05, 0.1) is 6.61 Å². The van der Waals surface area contributed by atoms with Gasteiger partial charge in [0.2, 0.25) is 0 Å². The van der Waals surface area contributed by atoms with Gasteiger partial charge in [0, 0.05) is 7.11 Å². The summed E-state index contributed by atoms with van der Waals surface area (Å²) in [5.74, 6) is -0.293. The second-order valence-corrected chi connectivity index (χ2v) is 3.85. The van der Waals surface area contributed by atoms with Crippen LogP contribution >= 0.6 is 15.9 Å². The zero-order chi connectivity index (χ0) is 11.1. The Hall–Kier alpha value is -0.870. The van der Waals surface area contributed by atoms with Crippen LogP contribution in [0, 0.1) is 0 Å². The van der Waals surface area contributed by atoms with E-state index in [0.29, 0.717) is 6.61 Å². The zero-order valence-electron chi connectivity index (χ0n) is 8.48. The van der Waals surface area contributed by atoms with E-state index in [0.717, 1.165) is 5.56 Å². The van der Waals surface area contributed by atoms with Crippen molar-refractivity contribution in [2.45, 2.75) is 4.83 Å². The molecule has 82 valence electrons. The lowest BCUT2D eigenvalue weighted by Gasteiger charge is -2.09. The van der Waals surface area contributed by atoms with E-state index < -0.39 is 4.83 Å². The monoisotopic (exact) mass is 272 g/mol. The predicted octanol–water partition coefficient (Wildman–Crippen LogP) is 2.31. The second-order valence-electron chi connectivity index (χ2n) is 2.93. The summed E-state index contributed by atoms with van der Waals surface area (Å²) >= 11 is 3.29. The van der Waals surface area contributed by atoms with E-state index >= 15 is 0 Å². The molecule has 0 aliphatic rings. The maximum atomic E-state index is 11.5. The van der Waals surface area contributed by atoms with E-state index in [2.05, 4.69) is 15.9 Å². The van der Waals surface area contributed by atoms with Crippen molar-refractivity contribution in [2.75, 3.05) is 20.3 Å². The first-order chi connectivity index (χ1) is 7.25. The van der Waals surface area contributed by atoms with E-state index in [4.69, 9.17) is 9.47 Å². The number of alkyl halides is 1. The minimum absolute atomic E-state index is 0.282. The van der Waals surface area contributed by atoms with Crippen molar-refractivity contribution >= 4 is 21.9 Å². The first-order valence-corrected chi connectivity index (χ1v) is 5.52. The average molecular weight is 273 g/mol. The molecule has 0 aromatic heterocycles. The fraction of sp³-hybridized carbons (Fsp3) is 0.364. The molecule has 0 saturated heterocycles. The van der Waals surface area contributed by atoms with Gasteiger partial charge in [-0.1, -0.05) is 46.3 Å². The summed E-state index contributed by atoms with van der Waals surface area (Å²) in [7, 11) is 1.57. The van der Waals surface area contributed by atoms with Crippen LogP contribution in [0.2, 0.25) is 0 Å². The largest absolute Gasteiger partial charge is 0.462 e. The number of carbonyl (C=O) groups excluding carboxylic acids is 1. The van der Waals surface area contributed by atoms with Gasteiger partial charge >= 0.3 is 5.97 Å². The fourth-order valence-corrected chi connectivity index (χ4v) is 1.49. The predicted molar refractivity (Wildman–Crippen MR) is 60.9 cm³/mol. The van der Waals surface area contributed by atoms with Crippen molar-refractivity contribution < 1.29 is 14.3 Å². The molecule has 1 unspecified atom stereocenters. The summed E-state index contributed by atoms with van der Waals surface area (Å²) in [5.41, 5.74) is 0.889. The van der Waals surface area contributed by atoms with Crippen molar-refractivity contribution in [3.63, 3.8) is 0 Å². The van der Waals surface area contributed by atoms with Crippen molar-refractivity contribution in [3.05, 3.63) is 35.9 Å². The number of hydrogen-bond donors (Lipinski definition) is 0. The Morgan fingerprint density at radius 1 is 1.33 bits per heavy atom. The molecule has 0 heterocycles. The molecular weight excluding hydrogens is 260 g/mol. The molecule has 0 aliphatic heterocycles. The van der Waals surface area contributed by atoms with Crippen LogP contribution in [0.5, 0.6) is 0 Å². The molecule has 4 heteroatoms. The SMILES string of the molecule is COCCOC(=O)C(Br)c1ccccc1. The first-order valence-electron chi connectivity index (χ1n) is 4.60. The van der Waals surface area contributed by atoms with E-state index in [1.54, 1.807) is 7.11 Å². The van der Waals surface area contributed by atoms with Crippen LogP contribution in [-0.2, 0) is 14.3 Å². The lowest BCUT2D eigenvalue weighted by Crippen LogP contribution is -2.14. The number of carbonyl (C=O) groups is 1. The van der Waals surface area contributed by atoms with Crippen LogP contribution < -0.4 is 0 Å². The molecule has 1 rings (SSSR count). The Morgan fingerprint density at radius 3 is 2.60 bits per heavy atom. The standard InChI is InChI=1S/C11H13BrO3/c1-14-7-8-15-11(13)10(12)9-5-3-2-4-6-9/h2-6,10H,7-8H2,1H3. The first kappa shape index (κ1) is 12.2. The number of benzene rings is 1. The highest BCUT2D eigenvalue weighted by Gasteiger charge is 2.17. The molecule has 0 amide bonds. The second kappa shape index (κ2) is 6.58. The molecule has 0 spiro atoms. The van der Waals surface area contributed by atoms with E-state index in [9.17, 15) is 4.79 Å². The third kappa shape index (κ3) is 4.01. The molecule has 0 radical (unpaired) electrons. The molecule has 0 fully saturated rings. The minimum Gasteiger partial charge on any atom is -0.462 e. The summed E-state index contributed by atoms with van der Waals surface area (Å²) in [6, 6.07) is 9.41. The summed E-state index contributed by atoms with van der Waals surface area (Å²) in [4.78, 5) is 11.1. The Morgan fingerprint density at radius 2 is 2.00 bits per heavy atom. The third-order valence-electron chi connectivity index (χ3n) is 1.83. The lowest BCUT2D eigenvalue weighted by molar-refractivity contribution is -0.144. The Kier molecular flexibility index (Phi) is 5.36. The number of esters is 1. The topological polar surface area (TPSA) is 35.5 Å². The van der Waals surface area contributed by atoms with Gasteiger partial charge in [0.15, 0.2) is 0 Å². The Bertz CT molecular complexity index is 300. The fourth-order valence-electron chi connectivity index (χ4n) is 1.06. The molecule has 3 nitrogen and oxygen atoms in total. The van der Waals surface area contributed by atoms with Crippen LogP contribution in [-0.4, -0.2) is 26.3 Å². The Labute approximate surface area is 97.5 Å². The molecule has 1 aromatic rings. The maximum Gasteiger partial charge on any atom is 0.324 e. The smallest absolute Gasteiger partial charge is 0.324 e. The normalized spacial score (nSPS) is 12.1. The van der Waals surface area contributed by atoms with Crippen LogP contribution in [0.1, 0.15) is 10.4 Å². The van der Waals surface area contributed by atoms with Gasteiger partial charge in [-0.05, 0) is 5.56 Å².